The second kappa shape index (κ2) is 11.4. The van der Waals surface area contributed by atoms with Crippen molar-refractivity contribution >= 4 is 17.3 Å². The Morgan fingerprint density at radius 1 is 0.771 bits per heavy atom. The Morgan fingerprint density at radius 3 is 2.10 bits per heavy atom. The molecule has 0 bridgehead atoms. The molecule has 4 saturated carbocycles. The summed E-state index contributed by atoms with van der Waals surface area (Å²) in [6, 6.07) is 0. The predicted molar refractivity (Wildman–Crippen MR) is 173 cm³/mol. The Bertz CT molecular complexity index is 1340. The average molecular weight is 675 g/mol. The highest BCUT2D eigenvalue weighted by Gasteiger charge is 2.77. The van der Waals surface area contributed by atoms with Crippen LogP contribution in [0.5, 0.6) is 0 Å². The van der Waals surface area contributed by atoms with Crippen LogP contribution in [0.1, 0.15) is 113 Å². The lowest BCUT2D eigenvalue weighted by Gasteiger charge is -2.62. The van der Waals surface area contributed by atoms with Gasteiger partial charge in [0.05, 0.1) is 25.4 Å². The van der Waals surface area contributed by atoms with Crippen molar-refractivity contribution in [2.24, 2.45) is 52.3 Å². The number of ether oxygens (including phenoxy) is 4. The summed E-state index contributed by atoms with van der Waals surface area (Å²) in [6.45, 7) is 12.8. The number of carbonyl (C=O) groups is 3. The summed E-state index contributed by atoms with van der Waals surface area (Å²) >= 11 is 0. The van der Waals surface area contributed by atoms with E-state index in [1.165, 1.54) is 12.8 Å². The van der Waals surface area contributed by atoms with Gasteiger partial charge in [-0.15, -0.1) is 0 Å². The zero-order chi connectivity index (χ0) is 34.8. The normalized spacial score (nSPS) is 56.1. The van der Waals surface area contributed by atoms with Crippen LogP contribution in [0.3, 0.4) is 0 Å². The second-order valence-electron chi connectivity index (χ2n) is 17.8. The van der Waals surface area contributed by atoms with E-state index in [4.69, 9.17) is 18.9 Å². The molecular formula is C38H58O10. The summed E-state index contributed by atoms with van der Waals surface area (Å²) in [5.74, 6) is -2.45. The molecule has 48 heavy (non-hydrogen) atoms. The summed E-state index contributed by atoms with van der Waals surface area (Å²) in [7, 11) is 0. The SMILES string of the molecule is CC(=O)[C@]1(O[C@H]2CC[C@@]3(C)[C@@H](CC[C@@H]4[C@@H]3CC[C@]3(C)[C@@H]5[C@H](C[C@@H]43)O[C@]3(CC[C@@H](C)CO3)[C@H]5C)C2)OC[C@H](O)[C@](O)(C(C)=O)[C@@]1(O)C(C)=O. The largest absolute Gasteiger partial charge is 0.387 e. The molecule has 0 radical (unpaired) electrons. The van der Waals surface area contributed by atoms with Crippen molar-refractivity contribution in [2.75, 3.05) is 13.2 Å². The third-order valence-electron chi connectivity index (χ3n) is 15.7. The molecule has 0 aromatic heterocycles. The van der Waals surface area contributed by atoms with Crippen LogP contribution in [0.15, 0.2) is 0 Å². The van der Waals surface area contributed by atoms with E-state index >= 15 is 0 Å². The van der Waals surface area contributed by atoms with Gasteiger partial charge in [0.15, 0.2) is 28.7 Å². The first-order valence-corrected chi connectivity index (χ1v) is 18.7. The topological polar surface area (TPSA) is 149 Å². The van der Waals surface area contributed by atoms with Crippen LogP contribution in [0.4, 0.5) is 0 Å². The molecule has 7 rings (SSSR count). The minimum absolute atomic E-state index is 0.0716. The van der Waals surface area contributed by atoms with Crippen LogP contribution in [0.2, 0.25) is 0 Å². The van der Waals surface area contributed by atoms with Gasteiger partial charge in [0.2, 0.25) is 5.60 Å². The fourth-order valence-corrected chi connectivity index (χ4v) is 13.0. The molecule has 3 saturated heterocycles. The van der Waals surface area contributed by atoms with Crippen molar-refractivity contribution in [3.05, 3.63) is 0 Å². The van der Waals surface area contributed by atoms with Gasteiger partial charge < -0.3 is 34.3 Å². The minimum Gasteiger partial charge on any atom is -0.387 e. The van der Waals surface area contributed by atoms with E-state index in [9.17, 15) is 29.7 Å². The number of aliphatic hydroxyl groups excluding tert-OH is 1. The molecule has 7 fully saturated rings. The average Bonchev–Trinajstić information content (AvgIpc) is 3.48. The van der Waals surface area contributed by atoms with Crippen LogP contribution < -0.4 is 0 Å². The molecule has 3 aliphatic heterocycles. The number of fused-ring (bicyclic) bond motifs is 7. The Kier molecular flexibility index (Phi) is 8.32. The first kappa shape index (κ1) is 35.1. The standard InChI is InChI=1S/C38H58O10/c1-20-10-15-35(45-18-20)21(2)32-30(48-35)17-29-27-9-8-25-16-26(11-13-33(25,6)28(27)12-14-34(29,32)7)47-38(24(5)41)37(44,23(4)40)36(43,22(3)39)31(42)19-46-38/h20-21,25-32,42-44H,8-19H2,1-7H3/t20-,21+,25+,26+,27-,28+,29+,30+,31+,32+,33+,34+,35-,36-,37+,38-/m1/s1. The van der Waals surface area contributed by atoms with Crippen LogP contribution in [0, 0.1) is 52.3 Å². The zero-order valence-corrected chi connectivity index (χ0v) is 30.0. The summed E-state index contributed by atoms with van der Waals surface area (Å²) in [5, 5.41) is 33.9. The number of hydrogen-bond donors (Lipinski definition) is 3. The van der Waals surface area contributed by atoms with Gasteiger partial charge in [-0.1, -0.05) is 27.7 Å². The lowest BCUT2D eigenvalue weighted by atomic mass is 9.44. The quantitative estimate of drug-likeness (QED) is 0.364. The van der Waals surface area contributed by atoms with Gasteiger partial charge in [0, 0.05) is 19.3 Å². The maximum atomic E-state index is 13.3. The molecule has 1 spiro atoms. The highest BCUT2D eigenvalue weighted by atomic mass is 16.7. The number of aliphatic hydroxyl groups is 3. The highest BCUT2D eigenvalue weighted by Crippen LogP contribution is 2.71. The van der Waals surface area contributed by atoms with Crippen molar-refractivity contribution in [1.29, 1.82) is 0 Å². The molecule has 3 heterocycles. The maximum Gasteiger partial charge on any atom is 0.269 e. The molecule has 0 unspecified atom stereocenters. The first-order chi connectivity index (χ1) is 22.4. The number of Topliss-reactive ketones (excluding diaryl/α,β-unsaturated/α-hetero) is 3. The first-order valence-electron chi connectivity index (χ1n) is 18.7. The Morgan fingerprint density at radius 2 is 1.48 bits per heavy atom. The van der Waals surface area contributed by atoms with Gasteiger partial charge in [-0.05, 0) is 118 Å². The molecule has 3 N–H and O–H groups in total. The maximum absolute atomic E-state index is 13.3. The monoisotopic (exact) mass is 674 g/mol. The molecule has 7 aliphatic rings. The van der Waals surface area contributed by atoms with Crippen LogP contribution >= 0.6 is 0 Å². The Labute approximate surface area is 285 Å². The van der Waals surface area contributed by atoms with E-state index < -0.39 is 58.9 Å². The van der Waals surface area contributed by atoms with Crippen molar-refractivity contribution in [1.82, 2.24) is 0 Å². The molecule has 0 aromatic rings. The van der Waals surface area contributed by atoms with Crippen LogP contribution in [0.25, 0.3) is 0 Å². The van der Waals surface area contributed by atoms with Crippen LogP contribution in [-0.2, 0) is 33.3 Å². The Balaban J connectivity index is 1.10. The lowest BCUT2D eigenvalue weighted by Crippen LogP contribution is -2.84. The molecule has 270 valence electrons. The molecule has 4 aliphatic carbocycles. The third-order valence-corrected chi connectivity index (χ3v) is 15.7. The van der Waals surface area contributed by atoms with Crippen molar-refractivity contribution < 1.29 is 48.7 Å². The molecular weight excluding hydrogens is 616 g/mol. The van der Waals surface area contributed by atoms with Gasteiger partial charge >= 0.3 is 0 Å². The summed E-state index contributed by atoms with van der Waals surface area (Å²) in [4.78, 5) is 39.2. The number of carbonyl (C=O) groups excluding carboxylic acids is 3. The number of ketones is 3. The zero-order valence-electron chi connectivity index (χ0n) is 30.0. The second-order valence-corrected chi connectivity index (χ2v) is 17.8. The molecule has 10 nitrogen and oxygen atoms in total. The van der Waals surface area contributed by atoms with Gasteiger partial charge in [0.25, 0.3) is 5.79 Å². The van der Waals surface area contributed by atoms with E-state index in [-0.39, 0.29) is 16.9 Å². The van der Waals surface area contributed by atoms with Gasteiger partial charge in [-0.25, -0.2) is 0 Å². The van der Waals surface area contributed by atoms with Crippen LogP contribution in [-0.4, -0.2) is 87.0 Å². The van der Waals surface area contributed by atoms with E-state index in [1.807, 2.05) is 0 Å². The molecule has 10 heteroatoms. The fraction of sp³-hybridized carbons (Fsp3) is 0.921. The van der Waals surface area contributed by atoms with Gasteiger partial charge in [0.1, 0.15) is 6.10 Å². The molecule has 0 aromatic carbocycles. The van der Waals surface area contributed by atoms with Gasteiger partial charge in [-0.3, -0.25) is 14.4 Å². The Hall–Kier alpha value is -1.27. The smallest absolute Gasteiger partial charge is 0.269 e. The van der Waals surface area contributed by atoms with E-state index in [0.717, 1.165) is 65.9 Å². The molecule has 0 amide bonds. The number of hydrogen-bond acceptors (Lipinski definition) is 10. The highest BCUT2D eigenvalue weighted by molar-refractivity contribution is 6.04. The minimum atomic E-state index is -3.12. The fourth-order valence-electron chi connectivity index (χ4n) is 13.0. The van der Waals surface area contributed by atoms with Crippen molar-refractivity contribution in [2.45, 2.75) is 154 Å². The summed E-state index contributed by atoms with van der Waals surface area (Å²) < 4.78 is 25.6. The van der Waals surface area contributed by atoms with Gasteiger partial charge in [-0.2, -0.15) is 0 Å². The summed E-state index contributed by atoms with van der Waals surface area (Å²) in [5.41, 5.74) is -5.80. The lowest BCUT2D eigenvalue weighted by molar-refractivity contribution is -0.376. The summed E-state index contributed by atoms with van der Waals surface area (Å²) in [6.07, 6.45) is 7.57. The predicted octanol–water partition coefficient (Wildman–Crippen LogP) is 4.13. The van der Waals surface area contributed by atoms with E-state index in [2.05, 4.69) is 27.7 Å². The van der Waals surface area contributed by atoms with Crippen molar-refractivity contribution in [3.8, 4) is 0 Å². The van der Waals surface area contributed by atoms with Crippen molar-refractivity contribution in [3.63, 3.8) is 0 Å². The molecule has 16 atom stereocenters. The van der Waals surface area contributed by atoms with E-state index in [0.29, 0.717) is 54.3 Å². The van der Waals surface area contributed by atoms with E-state index in [1.54, 1.807) is 0 Å². The number of rotatable bonds is 5. The third kappa shape index (κ3) is 4.38.